The molecule has 0 bridgehead atoms. The van der Waals surface area contributed by atoms with E-state index in [4.69, 9.17) is 0 Å². The molecule has 2 aromatic heterocycles. The minimum atomic E-state index is -3.91. The normalized spacial score (nSPS) is 13.7. The zero-order valence-corrected chi connectivity index (χ0v) is 19.7. The molecule has 2 amide bonds. The lowest BCUT2D eigenvalue weighted by Gasteiger charge is -2.43. The first-order valence-corrected chi connectivity index (χ1v) is 12.5. The molecule has 0 aliphatic carbocycles. The number of para-hydroxylation sites is 1. The topological polar surface area (TPSA) is 133 Å². The van der Waals surface area contributed by atoms with Gasteiger partial charge in [0.15, 0.2) is 0 Å². The first-order valence-electron chi connectivity index (χ1n) is 11.0. The van der Waals surface area contributed by atoms with Crippen LogP contribution in [0.2, 0.25) is 0 Å². The maximum atomic E-state index is 13.0. The molecule has 0 atom stereocenters. The largest absolute Gasteiger partial charge is 0.465 e. The first-order chi connectivity index (χ1) is 17.3. The van der Waals surface area contributed by atoms with Gasteiger partial charge in [-0.1, -0.05) is 24.3 Å². The van der Waals surface area contributed by atoms with Crippen LogP contribution in [0.3, 0.4) is 0 Å². The summed E-state index contributed by atoms with van der Waals surface area (Å²) >= 11 is 0. The molecule has 0 spiro atoms. The molecule has 3 heterocycles. The van der Waals surface area contributed by atoms with Crippen molar-refractivity contribution >= 4 is 44.4 Å². The van der Waals surface area contributed by atoms with Crippen molar-refractivity contribution in [2.45, 2.75) is 10.9 Å². The minimum absolute atomic E-state index is 0.0586. The standard InChI is InChI=1S/C25H21N5O5S/c31-24(29-15-20(16-29)30(25(32)33)22-8-1-2-13-26-22)18-9-11-19(12-10-18)28-36(34,35)21-7-3-5-17-6-4-14-27-23(17)21/h1-14,20,28H,15-16H2,(H,32,33). The summed E-state index contributed by atoms with van der Waals surface area (Å²) in [6, 6.07) is 19.1. The van der Waals surface area contributed by atoms with Crippen molar-refractivity contribution in [2.24, 2.45) is 0 Å². The highest BCUT2D eigenvalue weighted by molar-refractivity contribution is 7.93. The van der Waals surface area contributed by atoms with Crippen LogP contribution in [-0.4, -0.2) is 59.5 Å². The Balaban J connectivity index is 1.26. The van der Waals surface area contributed by atoms with Crippen LogP contribution in [0.4, 0.5) is 16.3 Å². The summed E-state index contributed by atoms with van der Waals surface area (Å²) in [4.78, 5) is 35.6. The highest BCUT2D eigenvalue weighted by atomic mass is 32.2. The number of benzene rings is 2. The minimum Gasteiger partial charge on any atom is -0.465 e. The van der Waals surface area contributed by atoms with E-state index in [-0.39, 0.29) is 23.9 Å². The number of likely N-dealkylation sites (tertiary alicyclic amines) is 1. The number of carboxylic acid groups (broad SMARTS) is 1. The third kappa shape index (κ3) is 4.43. The fourth-order valence-electron chi connectivity index (χ4n) is 4.09. The molecule has 1 fully saturated rings. The molecule has 182 valence electrons. The predicted molar refractivity (Wildman–Crippen MR) is 133 cm³/mol. The SMILES string of the molecule is O=C(c1ccc(NS(=O)(=O)c2cccc3cccnc23)cc1)N1CC(N(C(=O)O)c2ccccn2)C1. The maximum absolute atomic E-state index is 13.0. The highest BCUT2D eigenvalue weighted by Gasteiger charge is 2.38. The molecule has 0 radical (unpaired) electrons. The van der Waals surface area contributed by atoms with Gasteiger partial charge >= 0.3 is 6.09 Å². The number of pyridine rings is 2. The van der Waals surface area contributed by atoms with Gasteiger partial charge in [0.25, 0.3) is 15.9 Å². The molecule has 2 aromatic carbocycles. The van der Waals surface area contributed by atoms with Crippen LogP contribution in [-0.2, 0) is 10.0 Å². The van der Waals surface area contributed by atoms with Crippen molar-refractivity contribution in [3.63, 3.8) is 0 Å². The number of carbonyl (C=O) groups excluding carboxylic acids is 1. The van der Waals surface area contributed by atoms with Crippen molar-refractivity contribution in [3.05, 3.63) is 90.8 Å². The molecule has 1 aliphatic rings. The number of sulfonamides is 1. The third-order valence-electron chi connectivity index (χ3n) is 5.89. The number of nitrogens with one attached hydrogen (secondary N) is 1. The van der Waals surface area contributed by atoms with Gasteiger partial charge in [-0.2, -0.15) is 0 Å². The molecule has 2 N–H and O–H groups in total. The van der Waals surface area contributed by atoms with Crippen molar-refractivity contribution in [3.8, 4) is 0 Å². The van der Waals surface area contributed by atoms with Crippen molar-refractivity contribution in [1.29, 1.82) is 0 Å². The summed E-state index contributed by atoms with van der Waals surface area (Å²) in [5.74, 6) is 0.0328. The molecule has 5 rings (SSSR count). The summed E-state index contributed by atoms with van der Waals surface area (Å²) in [7, 11) is -3.91. The van der Waals surface area contributed by atoms with Crippen LogP contribution >= 0.6 is 0 Å². The van der Waals surface area contributed by atoms with E-state index in [1.165, 1.54) is 47.6 Å². The van der Waals surface area contributed by atoms with E-state index in [0.29, 0.717) is 28.0 Å². The Labute approximate surface area is 206 Å². The monoisotopic (exact) mass is 503 g/mol. The van der Waals surface area contributed by atoms with Crippen LogP contribution in [0.5, 0.6) is 0 Å². The number of anilines is 2. The Bertz CT molecular complexity index is 1530. The van der Waals surface area contributed by atoms with Gasteiger partial charge in [-0.05, 0) is 48.5 Å². The molecule has 10 nitrogen and oxygen atoms in total. The maximum Gasteiger partial charge on any atom is 0.413 e. The zero-order chi connectivity index (χ0) is 25.3. The second-order valence-electron chi connectivity index (χ2n) is 8.22. The van der Waals surface area contributed by atoms with E-state index in [9.17, 15) is 23.1 Å². The van der Waals surface area contributed by atoms with Crippen molar-refractivity contribution < 1.29 is 23.1 Å². The van der Waals surface area contributed by atoms with Crippen molar-refractivity contribution in [1.82, 2.24) is 14.9 Å². The van der Waals surface area contributed by atoms with Crippen LogP contribution in [0, 0.1) is 0 Å². The van der Waals surface area contributed by atoms with Gasteiger partial charge in [-0.3, -0.25) is 19.4 Å². The van der Waals surface area contributed by atoms with E-state index >= 15 is 0 Å². The lowest BCUT2D eigenvalue weighted by atomic mass is 10.0. The first kappa shape index (κ1) is 23.2. The zero-order valence-electron chi connectivity index (χ0n) is 18.9. The molecule has 0 saturated carbocycles. The van der Waals surface area contributed by atoms with Gasteiger partial charge in [0.1, 0.15) is 10.7 Å². The van der Waals surface area contributed by atoms with Crippen LogP contribution < -0.4 is 9.62 Å². The smallest absolute Gasteiger partial charge is 0.413 e. The van der Waals surface area contributed by atoms with Crippen LogP contribution in [0.25, 0.3) is 10.9 Å². The van der Waals surface area contributed by atoms with Gasteiger partial charge in [0.05, 0.1) is 11.6 Å². The van der Waals surface area contributed by atoms with Gasteiger partial charge in [0.2, 0.25) is 0 Å². The van der Waals surface area contributed by atoms with E-state index < -0.39 is 22.2 Å². The second kappa shape index (κ2) is 9.27. The number of nitrogens with zero attached hydrogens (tertiary/aromatic N) is 4. The van der Waals surface area contributed by atoms with Crippen LogP contribution in [0.15, 0.2) is 90.1 Å². The highest BCUT2D eigenvalue weighted by Crippen LogP contribution is 2.25. The van der Waals surface area contributed by atoms with Gasteiger partial charge < -0.3 is 10.0 Å². The summed E-state index contributed by atoms with van der Waals surface area (Å²) < 4.78 is 28.5. The number of hydrogen-bond donors (Lipinski definition) is 2. The van der Waals surface area contributed by atoms with E-state index in [1.54, 1.807) is 42.5 Å². The van der Waals surface area contributed by atoms with Gasteiger partial charge in [0, 0.05) is 42.1 Å². The molecule has 1 saturated heterocycles. The lowest BCUT2D eigenvalue weighted by Crippen LogP contribution is -2.62. The average molecular weight is 504 g/mol. The molecule has 11 heteroatoms. The van der Waals surface area contributed by atoms with E-state index in [2.05, 4.69) is 14.7 Å². The molecular formula is C25H21N5O5S. The number of amides is 2. The Kier molecular flexibility index (Phi) is 5.98. The van der Waals surface area contributed by atoms with E-state index in [1.807, 2.05) is 0 Å². The second-order valence-corrected chi connectivity index (χ2v) is 9.87. The average Bonchev–Trinajstić information content (AvgIpc) is 2.85. The fourth-order valence-corrected chi connectivity index (χ4v) is 5.33. The van der Waals surface area contributed by atoms with Crippen LogP contribution in [0.1, 0.15) is 10.4 Å². The number of aromatic nitrogens is 2. The van der Waals surface area contributed by atoms with Gasteiger partial charge in [-0.15, -0.1) is 0 Å². The Morgan fingerprint density at radius 1 is 0.917 bits per heavy atom. The number of rotatable bonds is 6. The summed E-state index contributed by atoms with van der Waals surface area (Å²) in [5, 5.41) is 10.3. The lowest BCUT2D eigenvalue weighted by molar-refractivity contribution is 0.0595. The molecule has 0 unspecified atom stereocenters. The molecule has 36 heavy (non-hydrogen) atoms. The van der Waals surface area contributed by atoms with Gasteiger partial charge in [-0.25, -0.2) is 18.2 Å². The molecule has 1 aliphatic heterocycles. The Morgan fingerprint density at radius 3 is 2.33 bits per heavy atom. The Morgan fingerprint density at radius 2 is 1.64 bits per heavy atom. The van der Waals surface area contributed by atoms with Crippen molar-refractivity contribution in [2.75, 3.05) is 22.7 Å². The number of carbonyl (C=O) groups is 2. The molecule has 4 aromatic rings. The summed E-state index contributed by atoms with van der Waals surface area (Å²) in [6.07, 6.45) is 1.91. The quantitative estimate of drug-likeness (QED) is 0.412. The fraction of sp³-hybridized carbons (Fsp3) is 0.120. The third-order valence-corrected chi connectivity index (χ3v) is 7.30. The molecular weight excluding hydrogens is 482 g/mol. The number of hydrogen-bond acceptors (Lipinski definition) is 6. The summed E-state index contributed by atoms with van der Waals surface area (Å²) in [5.41, 5.74) is 1.03. The summed E-state index contributed by atoms with van der Waals surface area (Å²) in [6.45, 7) is 0.453. The van der Waals surface area contributed by atoms with E-state index in [0.717, 1.165) is 4.90 Å². The number of fused-ring (bicyclic) bond motifs is 1. The Hall–Kier alpha value is -4.51. The predicted octanol–water partition coefficient (Wildman–Crippen LogP) is 3.44.